The van der Waals surface area contributed by atoms with Gasteiger partial charge in [-0.15, -0.1) is 16.9 Å². The van der Waals surface area contributed by atoms with Crippen molar-refractivity contribution < 1.29 is 24.9 Å². The summed E-state index contributed by atoms with van der Waals surface area (Å²) in [5.74, 6) is 0.448. The summed E-state index contributed by atoms with van der Waals surface area (Å²) in [7, 11) is 0. The fraction of sp³-hybridized carbons (Fsp3) is 0.875. The summed E-state index contributed by atoms with van der Waals surface area (Å²) >= 11 is 1.27. The van der Waals surface area contributed by atoms with Gasteiger partial charge in [-0.3, -0.25) is 9.48 Å². The number of aliphatic hydroxyl groups excluding tert-OH is 3. The summed E-state index contributed by atoms with van der Waals surface area (Å²) in [6, 6.07) is -0.760. The zero-order chi connectivity index (χ0) is 25.4. The van der Waals surface area contributed by atoms with Gasteiger partial charge in [-0.1, -0.05) is 25.5 Å². The van der Waals surface area contributed by atoms with E-state index in [4.69, 9.17) is 4.74 Å². The molecule has 2 fully saturated rings. The summed E-state index contributed by atoms with van der Waals surface area (Å²) in [5.41, 5.74) is 0.392. The fourth-order valence-corrected chi connectivity index (χ4v) is 5.76. The number of thioether (sulfide) groups is 1. The van der Waals surface area contributed by atoms with E-state index < -0.39 is 35.9 Å². The molecule has 2 saturated heterocycles. The molecule has 3 heterocycles. The number of amides is 1. The van der Waals surface area contributed by atoms with Gasteiger partial charge in [0.2, 0.25) is 5.91 Å². The zero-order valence-corrected chi connectivity index (χ0v) is 22.0. The van der Waals surface area contributed by atoms with Crippen LogP contribution in [0.25, 0.3) is 0 Å². The summed E-state index contributed by atoms with van der Waals surface area (Å²) in [5, 5.41) is 45.7. The minimum atomic E-state index is -1.32. The molecule has 0 aromatic carbocycles. The lowest BCUT2D eigenvalue weighted by Gasteiger charge is -2.43. The van der Waals surface area contributed by atoms with Crippen LogP contribution in [-0.2, 0) is 22.5 Å². The molecule has 1 aromatic rings. The molecule has 5 N–H and O–H groups in total. The minimum absolute atomic E-state index is 0.110. The van der Waals surface area contributed by atoms with Gasteiger partial charge in [-0.05, 0) is 63.7 Å². The van der Waals surface area contributed by atoms with Crippen molar-refractivity contribution in [2.75, 3.05) is 12.8 Å². The molecule has 0 unspecified atom stereocenters. The van der Waals surface area contributed by atoms with Gasteiger partial charge in [-0.25, -0.2) is 0 Å². The highest BCUT2D eigenvalue weighted by Crippen LogP contribution is 2.29. The first-order valence-electron chi connectivity index (χ1n) is 13.0. The molecule has 35 heavy (non-hydrogen) atoms. The van der Waals surface area contributed by atoms with Gasteiger partial charge >= 0.3 is 0 Å². The predicted octanol–water partition coefficient (Wildman–Crippen LogP) is 0.835. The Bertz CT molecular complexity index is 781. The SMILES string of the molecule is CCCc1cn(CCC[C@@H]2CCN[C@H](C(=O)N[C@H](CC)[C@H]3O[C@H](SC)[C@H](O)[C@@H](O)[C@H]3O)CC2)nn1. The molecule has 2 aliphatic rings. The third kappa shape index (κ3) is 7.62. The minimum Gasteiger partial charge on any atom is -0.388 e. The number of aryl methyl sites for hydroxylation is 2. The molecule has 0 saturated carbocycles. The third-order valence-electron chi connectivity index (χ3n) is 7.22. The Morgan fingerprint density at radius 3 is 2.77 bits per heavy atom. The van der Waals surface area contributed by atoms with E-state index in [-0.39, 0.29) is 11.9 Å². The van der Waals surface area contributed by atoms with Crippen LogP contribution in [0.1, 0.15) is 64.5 Å². The molecule has 10 nitrogen and oxygen atoms in total. The average molecular weight is 514 g/mol. The highest BCUT2D eigenvalue weighted by molar-refractivity contribution is 7.99. The number of hydrogen-bond donors (Lipinski definition) is 5. The number of nitrogens with zero attached hydrogens (tertiary/aromatic N) is 3. The van der Waals surface area contributed by atoms with Crippen LogP contribution in [0.15, 0.2) is 6.20 Å². The molecule has 3 rings (SSSR count). The van der Waals surface area contributed by atoms with E-state index in [9.17, 15) is 20.1 Å². The second-order valence-electron chi connectivity index (χ2n) is 9.80. The van der Waals surface area contributed by atoms with E-state index in [1.165, 1.54) is 11.8 Å². The van der Waals surface area contributed by atoms with E-state index in [1.807, 2.05) is 17.8 Å². The maximum Gasteiger partial charge on any atom is 0.237 e. The second kappa shape index (κ2) is 13.9. The van der Waals surface area contributed by atoms with E-state index in [1.54, 1.807) is 6.26 Å². The van der Waals surface area contributed by atoms with Crippen molar-refractivity contribution in [1.29, 1.82) is 0 Å². The maximum absolute atomic E-state index is 13.1. The molecule has 0 bridgehead atoms. The number of hydrogen-bond acceptors (Lipinski definition) is 9. The summed E-state index contributed by atoms with van der Waals surface area (Å²) in [6.45, 7) is 5.69. The molecular weight excluding hydrogens is 470 g/mol. The number of aliphatic hydroxyl groups is 3. The van der Waals surface area contributed by atoms with Crippen molar-refractivity contribution >= 4 is 17.7 Å². The first kappa shape index (κ1) is 28.3. The van der Waals surface area contributed by atoms with E-state index >= 15 is 0 Å². The van der Waals surface area contributed by atoms with Gasteiger partial charge in [0.25, 0.3) is 0 Å². The Kier molecular flexibility index (Phi) is 11.3. The van der Waals surface area contributed by atoms with E-state index in [0.717, 1.165) is 63.7 Å². The zero-order valence-electron chi connectivity index (χ0n) is 21.2. The average Bonchev–Trinajstić information content (AvgIpc) is 3.16. The maximum atomic E-state index is 13.1. The van der Waals surface area contributed by atoms with Crippen LogP contribution in [0.4, 0.5) is 0 Å². The van der Waals surface area contributed by atoms with Crippen molar-refractivity contribution in [1.82, 2.24) is 25.6 Å². The predicted molar refractivity (Wildman–Crippen MR) is 135 cm³/mol. The van der Waals surface area contributed by atoms with Crippen LogP contribution in [0.2, 0.25) is 0 Å². The van der Waals surface area contributed by atoms with E-state index in [0.29, 0.717) is 12.3 Å². The normalized spacial score (nSPS) is 32.7. The number of aromatic nitrogens is 3. The van der Waals surface area contributed by atoms with Crippen LogP contribution in [-0.4, -0.2) is 91.0 Å². The van der Waals surface area contributed by atoms with Gasteiger partial charge in [0.05, 0.1) is 17.8 Å². The van der Waals surface area contributed by atoms with Crippen molar-refractivity contribution in [3.8, 4) is 0 Å². The lowest BCUT2D eigenvalue weighted by molar-refractivity contribution is -0.205. The number of rotatable bonds is 11. The molecule has 0 spiro atoms. The van der Waals surface area contributed by atoms with Crippen LogP contribution in [0, 0.1) is 5.92 Å². The molecule has 1 aromatic heterocycles. The highest BCUT2D eigenvalue weighted by atomic mass is 32.2. The Morgan fingerprint density at radius 1 is 1.26 bits per heavy atom. The van der Waals surface area contributed by atoms with Crippen LogP contribution >= 0.6 is 11.8 Å². The fourth-order valence-electron chi connectivity index (χ4n) is 5.08. The van der Waals surface area contributed by atoms with Crippen LogP contribution in [0.3, 0.4) is 0 Å². The Morgan fingerprint density at radius 2 is 2.06 bits per heavy atom. The quantitative estimate of drug-likeness (QED) is 0.291. The third-order valence-corrected chi connectivity index (χ3v) is 8.07. The molecule has 0 aliphatic carbocycles. The van der Waals surface area contributed by atoms with E-state index in [2.05, 4.69) is 27.9 Å². The largest absolute Gasteiger partial charge is 0.388 e. The lowest BCUT2D eigenvalue weighted by Crippen LogP contribution is -2.63. The van der Waals surface area contributed by atoms with Gasteiger partial charge in [0.15, 0.2) is 0 Å². The first-order valence-corrected chi connectivity index (χ1v) is 14.3. The smallest absolute Gasteiger partial charge is 0.237 e. The Labute approximate surface area is 212 Å². The van der Waals surface area contributed by atoms with Gasteiger partial charge in [0, 0.05) is 12.7 Å². The summed E-state index contributed by atoms with van der Waals surface area (Å²) < 4.78 is 7.80. The van der Waals surface area contributed by atoms with Gasteiger partial charge in [-0.2, -0.15) is 0 Å². The first-order chi connectivity index (χ1) is 16.9. The van der Waals surface area contributed by atoms with Crippen LogP contribution < -0.4 is 10.6 Å². The summed E-state index contributed by atoms with van der Waals surface area (Å²) in [6.07, 6.45) is 6.72. The number of carbonyl (C=O) groups is 1. The number of ether oxygens (including phenoxy) is 1. The molecule has 2 aliphatic heterocycles. The van der Waals surface area contributed by atoms with Crippen molar-refractivity contribution in [2.45, 2.75) is 114 Å². The van der Waals surface area contributed by atoms with Gasteiger partial charge in [0.1, 0.15) is 29.9 Å². The standard InChI is InChI=1S/C24H43N5O5S/c1-4-7-16-14-29(28-27-16)13-6-8-15-9-10-18(25-12-11-15)23(33)26-17(5-2)22-20(31)19(30)21(32)24(34-22)35-3/h14-15,17-22,24-25,30-32H,4-13H2,1-3H3,(H,26,33)/t15-,17+,18-,19-,20+,21+,22+,24+/m0/s1. The molecule has 1 amide bonds. The Balaban J connectivity index is 1.46. The van der Waals surface area contributed by atoms with Crippen LogP contribution in [0.5, 0.6) is 0 Å². The summed E-state index contributed by atoms with van der Waals surface area (Å²) in [4.78, 5) is 13.1. The second-order valence-corrected chi connectivity index (χ2v) is 10.7. The molecule has 8 atom stereocenters. The van der Waals surface area contributed by atoms with Gasteiger partial charge < -0.3 is 30.7 Å². The Hall–Kier alpha value is -1.24. The molecule has 200 valence electrons. The molecular formula is C24H43N5O5S. The number of nitrogens with one attached hydrogen (secondary N) is 2. The molecule has 11 heteroatoms. The highest BCUT2D eigenvalue weighted by Gasteiger charge is 2.46. The van der Waals surface area contributed by atoms with Crippen molar-refractivity contribution in [2.24, 2.45) is 5.92 Å². The molecule has 0 radical (unpaired) electrons. The topological polar surface area (TPSA) is 142 Å². The number of carbonyl (C=O) groups excluding carboxylic acids is 1. The van der Waals surface area contributed by atoms with Crippen molar-refractivity contribution in [3.05, 3.63) is 11.9 Å². The van der Waals surface area contributed by atoms with Crippen molar-refractivity contribution in [3.63, 3.8) is 0 Å². The lowest BCUT2D eigenvalue weighted by atomic mass is 9.92. The monoisotopic (exact) mass is 513 g/mol.